The molecule has 0 fully saturated rings. The number of hydrogen-bond donors (Lipinski definition) is 1. The van der Waals surface area contributed by atoms with E-state index in [1.807, 2.05) is 20.8 Å². The highest BCUT2D eigenvalue weighted by Gasteiger charge is 2.35. The lowest BCUT2D eigenvalue weighted by Gasteiger charge is -2.34. The van der Waals surface area contributed by atoms with Crippen LogP contribution in [0.5, 0.6) is 0 Å². The molecule has 0 radical (unpaired) electrons. The third-order valence-corrected chi connectivity index (χ3v) is 9.59. The first kappa shape index (κ1) is 32.7. The zero-order chi connectivity index (χ0) is 30.3. The number of hydrogen-bond acceptors (Lipinski definition) is 4. The van der Waals surface area contributed by atoms with Gasteiger partial charge in [0.25, 0.3) is 10.0 Å². The Bertz CT molecular complexity index is 1460. The minimum Gasteiger partial charge on any atom is -0.352 e. The Morgan fingerprint density at radius 3 is 2.00 bits per heavy atom. The van der Waals surface area contributed by atoms with Crippen LogP contribution in [0.1, 0.15) is 44.7 Å². The van der Waals surface area contributed by atoms with E-state index in [2.05, 4.69) is 5.32 Å². The quantitative estimate of drug-likeness (QED) is 0.235. The van der Waals surface area contributed by atoms with Gasteiger partial charge in [0.15, 0.2) is 0 Å². The predicted molar refractivity (Wildman–Crippen MR) is 166 cm³/mol. The number of anilines is 1. The molecular weight excluding hydrogens is 605 g/mol. The highest BCUT2D eigenvalue weighted by atomic mass is 35.5. The van der Waals surface area contributed by atoms with Crippen molar-refractivity contribution in [2.75, 3.05) is 10.8 Å². The third kappa shape index (κ3) is 7.95. The molecule has 0 spiro atoms. The average Bonchev–Trinajstić information content (AvgIpc) is 2.93. The van der Waals surface area contributed by atoms with Gasteiger partial charge in [-0.15, -0.1) is 0 Å². The molecule has 11 heteroatoms. The molecule has 0 aliphatic carbocycles. The molecule has 0 saturated carbocycles. The maximum Gasteiger partial charge on any atom is 0.264 e. The lowest BCUT2D eigenvalue weighted by Crippen LogP contribution is -2.53. The molecule has 0 aliphatic rings. The summed E-state index contributed by atoms with van der Waals surface area (Å²) in [5.74, 6) is -0.980. The second-order valence-electron chi connectivity index (χ2n) is 9.74. The zero-order valence-corrected chi connectivity index (χ0v) is 26.5. The van der Waals surface area contributed by atoms with Gasteiger partial charge in [0.05, 0.1) is 15.6 Å². The number of para-hydroxylation sites is 1. The van der Waals surface area contributed by atoms with E-state index in [0.717, 1.165) is 9.87 Å². The minimum atomic E-state index is -4.24. The summed E-state index contributed by atoms with van der Waals surface area (Å²) in [7, 11) is -4.24. The van der Waals surface area contributed by atoms with Gasteiger partial charge in [-0.3, -0.25) is 13.9 Å². The molecule has 3 aromatic carbocycles. The summed E-state index contributed by atoms with van der Waals surface area (Å²) in [5, 5.41) is 3.73. The molecule has 41 heavy (non-hydrogen) atoms. The summed E-state index contributed by atoms with van der Waals surface area (Å²) in [5.41, 5.74) is 1.46. The van der Waals surface area contributed by atoms with Crippen LogP contribution >= 0.6 is 34.8 Å². The first-order valence-corrected chi connectivity index (χ1v) is 15.8. The Hall–Kier alpha value is -2.78. The average molecular weight is 639 g/mol. The van der Waals surface area contributed by atoms with E-state index < -0.39 is 28.5 Å². The van der Waals surface area contributed by atoms with E-state index in [-0.39, 0.29) is 40.5 Å². The molecule has 3 rings (SSSR count). The van der Waals surface area contributed by atoms with Crippen LogP contribution in [0.3, 0.4) is 0 Å². The largest absolute Gasteiger partial charge is 0.352 e. The molecule has 0 saturated heterocycles. The van der Waals surface area contributed by atoms with Crippen LogP contribution in [0, 0.1) is 6.92 Å². The number of nitrogens with one attached hydrogen (secondary N) is 1. The van der Waals surface area contributed by atoms with Crippen molar-refractivity contribution in [1.82, 2.24) is 10.2 Å². The minimum absolute atomic E-state index is 0.00178. The molecule has 2 atom stereocenters. The fourth-order valence-corrected chi connectivity index (χ4v) is 6.46. The summed E-state index contributed by atoms with van der Waals surface area (Å²) in [6.45, 7) is 6.72. The summed E-state index contributed by atoms with van der Waals surface area (Å²) in [6.07, 6.45) is 0.967. The van der Waals surface area contributed by atoms with Crippen molar-refractivity contribution in [1.29, 1.82) is 0 Å². The molecule has 0 unspecified atom stereocenters. The lowest BCUT2D eigenvalue weighted by atomic mass is 10.1. The van der Waals surface area contributed by atoms with Crippen LogP contribution in [0.4, 0.5) is 5.69 Å². The highest BCUT2D eigenvalue weighted by Crippen LogP contribution is 2.32. The van der Waals surface area contributed by atoms with Crippen molar-refractivity contribution < 1.29 is 18.0 Å². The molecule has 2 amide bonds. The van der Waals surface area contributed by atoms with Crippen molar-refractivity contribution >= 4 is 62.3 Å². The van der Waals surface area contributed by atoms with Crippen molar-refractivity contribution in [3.8, 4) is 0 Å². The second kappa shape index (κ2) is 14.4. The standard InChI is InChI=1S/C30H34Cl3N3O4S/c1-5-21(4)34-30(38)27(6-2)35(18-23-24(31)11-9-12-25(23)32)29(37)19-36(28-13-8-7-10-26(28)33)41(39,40)22-16-14-20(3)15-17-22/h7-17,21,27H,5-6,18-19H2,1-4H3,(H,34,38)/t21-,27-/m0/s1. The molecule has 7 nitrogen and oxygen atoms in total. The smallest absolute Gasteiger partial charge is 0.264 e. The normalized spacial score (nSPS) is 12.9. The van der Waals surface area contributed by atoms with Crippen molar-refractivity contribution in [2.45, 2.75) is 64.1 Å². The fraction of sp³-hybridized carbons (Fsp3) is 0.333. The zero-order valence-electron chi connectivity index (χ0n) is 23.4. The molecule has 0 aromatic heterocycles. The Labute approximate surface area is 257 Å². The number of aryl methyl sites for hydroxylation is 1. The topological polar surface area (TPSA) is 86.8 Å². The van der Waals surface area contributed by atoms with E-state index in [9.17, 15) is 18.0 Å². The van der Waals surface area contributed by atoms with Crippen molar-refractivity contribution in [3.05, 3.63) is 92.9 Å². The van der Waals surface area contributed by atoms with Crippen LogP contribution in [0.2, 0.25) is 15.1 Å². The van der Waals surface area contributed by atoms with E-state index in [1.54, 1.807) is 55.5 Å². The Balaban J connectivity index is 2.11. The number of rotatable bonds is 12. The van der Waals surface area contributed by atoms with Gasteiger partial charge in [-0.1, -0.05) is 84.5 Å². The lowest BCUT2D eigenvalue weighted by molar-refractivity contribution is -0.140. The van der Waals surface area contributed by atoms with Crippen LogP contribution in [-0.2, 0) is 26.2 Å². The van der Waals surface area contributed by atoms with Crippen LogP contribution in [-0.4, -0.2) is 43.8 Å². The van der Waals surface area contributed by atoms with Gasteiger partial charge in [-0.25, -0.2) is 8.42 Å². The monoisotopic (exact) mass is 637 g/mol. The van der Waals surface area contributed by atoms with Crippen LogP contribution < -0.4 is 9.62 Å². The summed E-state index contributed by atoms with van der Waals surface area (Å²) in [4.78, 5) is 28.9. The molecule has 0 heterocycles. The first-order chi connectivity index (χ1) is 19.4. The van der Waals surface area contributed by atoms with Gasteiger partial charge < -0.3 is 10.2 Å². The number of halogens is 3. The van der Waals surface area contributed by atoms with E-state index in [1.165, 1.54) is 23.1 Å². The molecular formula is C30H34Cl3N3O4S. The van der Waals surface area contributed by atoms with Gasteiger partial charge in [-0.05, 0) is 63.1 Å². The summed E-state index contributed by atoms with van der Waals surface area (Å²) >= 11 is 19.4. The third-order valence-electron chi connectivity index (χ3n) is 6.79. The van der Waals surface area contributed by atoms with E-state index in [4.69, 9.17) is 34.8 Å². The van der Waals surface area contributed by atoms with Crippen molar-refractivity contribution in [3.63, 3.8) is 0 Å². The van der Waals surface area contributed by atoms with Crippen molar-refractivity contribution in [2.24, 2.45) is 0 Å². The molecule has 0 aliphatic heterocycles. The maximum absolute atomic E-state index is 14.2. The van der Waals surface area contributed by atoms with E-state index in [0.29, 0.717) is 22.0 Å². The van der Waals surface area contributed by atoms with Gasteiger partial charge in [0, 0.05) is 28.2 Å². The summed E-state index contributed by atoms with van der Waals surface area (Å²) < 4.78 is 28.9. The Kier molecular flexibility index (Phi) is 11.5. The molecule has 3 aromatic rings. The number of carbonyl (C=O) groups is 2. The fourth-order valence-electron chi connectivity index (χ4n) is 4.22. The van der Waals surface area contributed by atoms with Gasteiger partial charge >= 0.3 is 0 Å². The van der Waals surface area contributed by atoms with Gasteiger partial charge in [-0.2, -0.15) is 0 Å². The molecule has 220 valence electrons. The summed E-state index contributed by atoms with van der Waals surface area (Å²) in [6, 6.07) is 16.6. The SMILES string of the molecule is CC[C@H](C)NC(=O)[C@H](CC)N(Cc1c(Cl)cccc1Cl)C(=O)CN(c1ccccc1Cl)S(=O)(=O)c1ccc(C)cc1. The number of nitrogens with zero attached hydrogens (tertiary/aromatic N) is 2. The first-order valence-electron chi connectivity index (χ1n) is 13.3. The Morgan fingerprint density at radius 1 is 0.854 bits per heavy atom. The number of benzene rings is 3. The molecule has 0 bridgehead atoms. The number of carbonyl (C=O) groups excluding carboxylic acids is 2. The number of sulfonamides is 1. The highest BCUT2D eigenvalue weighted by molar-refractivity contribution is 7.92. The van der Waals surface area contributed by atoms with E-state index >= 15 is 0 Å². The van der Waals surface area contributed by atoms with Crippen LogP contribution in [0.15, 0.2) is 71.6 Å². The molecule has 1 N–H and O–H groups in total. The Morgan fingerprint density at radius 2 is 1.44 bits per heavy atom. The van der Waals surface area contributed by atoms with Gasteiger partial charge in [0.2, 0.25) is 11.8 Å². The second-order valence-corrected chi connectivity index (χ2v) is 12.8. The van der Waals surface area contributed by atoms with Gasteiger partial charge in [0.1, 0.15) is 12.6 Å². The van der Waals surface area contributed by atoms with Crippen LogP contribution in [0.25, 0.3) is 0 Å². The maximum atomic E-state index is 14.2. The number of amides is 2. The predicted octanol–water partition coefficient (Wildman–Crippen LogP) is 6.87.